The Morgan fingerprint density at radius 2 is 2.11 bits per heavy atom. The maximum atomic E-state index is 10.4. The molecule has 3 N–H and O–H groups in total. The van der Waals surface area contributed by atoms with Crippen LogP contribution in [0.5, 0.6) is 0 Å². The van der Waals surface area contributed by atoms with Crippen LogP contribution in [0.2, 0.25) is 0 Å². The molecule has 4 heteroatoms. The Kier molecular flexibility index (Phi) is 4.49. The number of aromatic nitrogens is 1. The van der Waals surface area contributed by atoms with Gasteiger partial charge in [-0.25, -0.2) is 4.98 Å². The number of rotatable bonds is 5. The molecule has 2 rings (SSSR count). The van der Waals surface area contributed by atoms with Crippen LogP contribution in [0.1, 0.15) is 22.8 Å². The van der Waals surface area contributed by atoms with Crippen molar-refractivity contribution in [2.45, 2.75) is 19.1 Å². The highest BCUT2D eigenvalue weighted by Gasteiger charge is 2.12. The Bertz CT molecular complexity index is 543. The fraction of sp³-hybridized carbons (Fsp3) is 0.267. The molecule has 1 atom stereocenters. The number of hydrogen-bond donors (Lipinski definition) is 2. The Morgan fingerprint density at radius 3 is 2.84 bits per heavy atom. The highest BCUT2D eigenvalue weighted by Crippen LogP contribution is 2.22. The van der Waals surface area contributed by atoms with Crippen molar-refractivity contribution in [1.82, 2.24) is 4.98 Å². The third kappa shape index (κ3) is 3.53. The van der Waals surface area contributed by atoms with Crippen molar-refractivity contribution >= 4 is 5.82 Å². The maximum absolute atomic E-state index is 10.4. The van der Waals surface area contributed by atoms with E-state index >= 15 is 0 Å². The van der Waals surface area contributed by atoms with Crippen LogP contribution in [0, 0.1) is 0 Å². The van der Waals surface area contributed by atoms with Crippen LogP contribution in [-0.4, -0.2) is 17.2 Å². The van der Waals surface area contributed by atoms with Gasteiger partial charge in [0.1, 0.15) is 5.82 Å². The predicted molar refractivity (Wildman–Crippen MR) is 74.5 cm³/mol. The zero-order valence-electron chi connectivity index (χ0n) is 10.9. The Labute approximate surface area is 112 Å². The van der Waals surface area contributed by atoms with Crippen molar-refractivity contribution < 1.29 is 9.84 Å². The minimum absolute atomic E-state index is 0.467. The van der Waals surface area contributed by atoms with E-state index in [2.05, 4.69) is 4.98 Å². The van der Waals surface area contributed by atoms with Crippen molar-refractivity contribution in [2.75, 3.05) is 12.8 Å². The van der Waals surface area contributed by atoms with Gasteiger partial charge in [-0.05, 0) is 28.8 Å². The summed E-state index contributed by atoms with van der Waals surface area (Å²) in [5.41, 5.74) is 8.49. The molecule has 0 saturated carbocycles. The zero-order chi connectivity index (χ0) is 13.7. The zero-order valence-corrected chi connectivity index (χ0v) is 10.9. The molecule has 19 heavy (non-hydrogen) atoms. The van der Waals surface area contributed by atoms with E-state index in [1.54, 1.807) is 19.4 Å². The number of anilines is 1. The summed E-state index contributed by atoms with van der Waals surface area (Å²) in [6.07, 6.45) is 1.58. The van der Waals surface area contributed by atoms with Gasteiger partial charge < -0.3 is 15.6 Å². The van der Waals surface area contributed by atoms with Gasteiger partial charge in [0, 0.05) is 19.7 Å². The van der Waals surface area contributed by atoms with E-state index < -0.39 is 6.10 Å². The SMILES string of the molecule is COCc1ccccc1C(O)Cc1ccnc(N)c1. The summed E-state index contributed by atoms with van der Waals surface area (Å²) in [6.45, 7) is 0.492. The monoisotopic (exact) mass is 258 g/mol. The molecule has 0 bridgehead atoms. The molecule has 0 fully saturated rings. The fourth-order valence-electron chi connectivity index (χ4n) is 2.10. The number of nitrogens with two attached hydrogens (primary N) is 1. The van der Waals surface area contributed by atoms with E-state index in [0.29, 0.717) is 18.8 Å². The van der Waals surface area contributed by atoms with E-state index in [1.807, 2.05) is 30.3 Å². The molecule has 0 aliphatic rings. The second kappa shape index (κ2) is 6.31. The van der Waals surface area contributed by atoms with E-state index in [-0.39, 0.29) is 0 Å². The molecule has 1 heterocycles. The summed E-state index contributed by atoms with van der Waals surface area (Å²) >= 11 is 0. The smallest absolute Gasteiger partial charge is 0.123 e. The number of nitrogens with zero attached hydrogens (tertiary/aromatic N) is 1. The van der Waals surface area contributed by atoms with Crippen LogP contribution in [-0.2, 0) is 17.8 Å². The Hall–Kier alpha value is -1.91. The highest BCUT2D eigenvalue weighted by molar-refractivity contribution is 5.34. The summed E-state index contributed by atoms with van der Waals surface area (Å²) in [6, 6.07) is 11.4. The molecule has 0 spiro atoms. The quantitative estimate of drug-likeness (QED) is 0.861. The standard InChI is InChI=1S/C15H18N2O2/c1-19-10-12-4-2-3-5-13(12)14(18)8-11-6-7-17-15(16)9-11/h2-7,9,14,18H,8,10H2,1H3,(H2,16,17). The van der Waals surface area contributed by atoms with Gasteiger partial charge in [0.15, 0.2) is 0 Å². The Morgan fingerprint density at radius 1 is 1.32 bits per heavy atom. The number of aliphatic hydroxyl groups is 1. The molecule has 1 aromatic carbocycles. The second-order valence-electron chi connectivity index (χ2n) is 4.44. The first kappa shape index (κ1) is 13.5. The third-order valence-corrected chi connectivity index (χ3v) is 2.99. The van der Waals surface area contributed by atoms with E-state index in [0.717, 1.165) is 16.7 Å². The lowest BCUT2D eigenvalue weighted by Crippen LogP contribution is -2.06. The molecule has 0 saturated heterocycles. The number of ether oxygens (including phenoxy) is 1. The van der Waals surface area contributed by atoms with Gasteiger partial charge in [-0.3, -0.25) is 0 Å². The molecule has 4 nitrogen and oxygen atoms in total. The van der Waals surface area contributed by atoms with Crippen LogP contribution in [0.3, 0.4) is 0 Å². The van der Waals surface area contributed by atoms with Gasteiger partial charge in [0.05, 0.1) is 12.7 Å². The molecular formula is C15H18N2O2. The lowest BCUT2D eigenvalue weighted by atomic mass is 9.98. The first-order chi connectivity index (χ1) is 9.20. The van der Waals surface area contributed by atoms with Crippen LogP contribution in [0.15, 0.2) is 42.6 Å². The van der Waals surface area contributed by atoms with E-state index in [4.69, 9.17) is 10.5 Å². The average molecular weight is 258 g/mol. The fourth-order valence-corrected chi connectivity index (χ4v) is 2.10. The van der Waals surface area contributed by atoms with Gasteiger partial charge in [-0.15, -0.1) is 0 Å². The van der Waals surface area contributed by atoms with Gasteiger partial charge in [0.2, 0.25) is 0 Å². The van der Waals surface area contributed by atoms with E-state index in [1.165, 1.54) is 0 Å². The van der Waals surface area contributed by atoms with Gasteiger partial charge in [-0.2, -0.15) is 0 Å². The number of nitrogen functional groups attached to an aromatic ring is 1. The summed E-state index contributed by atoms with van der Waals surface area (Å²) in [4.78, 5) is 3.94. The largest absolute Gasteiger partial charge is 0.388 e. The average Bonchev–Trinajstić information content (AvgIpc) is 2.39. The summed E-state index contributed by atoms with van der Waals surface area (Å²) in [5, 5.41) is 10.4. The van der Waals surface area contributed by atoms with Crippen molar-refractivity contribution in [3.8, 4) is 0 Å². The second-order valence-corrected chi connectivity index (χ2v) is 4.44. The highest BCUT2D eigenvalue weighted by atomic mass is 16.5. The first-order valence-electron chi connectivity index (χ1n) is 6.16. The van der Waals surface area contributed by atoms with Gasteiger partial charge in [-0.1, -0.05) is 24.3 Å². The van der Waals surface area contributed by atoms with Crippen LogP contribution in [0.4, 0.5) is 5.82 Å². The molecule has 0 amide bonds. The number of methoxy groups -OCH3 is 1. The number of pyridine rings is 1. The molecule has 0 radical (unpaired) electrons. The maximum Gasteiger partial charge on any atom is 0.123 e. The summed E-state index contributed by atoms with van der Waals surface area (Å²) < 4.78 is 5.15. The molecule has 100 valence electrons. The molecule has 2 aromatic rings. The topological polar surface area (TPSA) is 68.4 Å². The van der Waals surface area contributed by atoms with Gasteiger partial charge in [0.25, 0.3) is 0 Å². The van der Waals surface area contributed by atoms with Crippen molar-refractivity contribution in [1.29, 1.82) is 0 Å². The number of hydrogen-bond acceptors (Lipinski definition) is 4. The lowest BCUT2D eigenvalue weighted by Gasteiger charge is -2.15. The predicted octanol–water partition coefficient (Wildman–Crippen LogP) is 2.09. The third-order valence-electron chi connectivity index (χ3n) is 2.99. The van der Waals surface area contributed by atoms with Gasteiger partial charge >= 0.3 is 0 Å². The number of aliphatic hydroxyl groups excluding tert-OH is 1. The minimum atomic E-state index is -0.576. The normalized spacial score (nSPS) is 12.3. The van der Waals surface area contributed by atoms with Crippen LogP contribution in [0.25, 0.3) is 0 Å². The van der Waals surface area contributed by atoms with Crippen molar-refractivity contribution in [3.63, 3.8) is 0 Å². The molecule has 1 unspecified atom stereocenters. The van der Waals surface area contributed by atoms with Crippen LogP contribution < -0.4 is 5.73 Å². The Balaban J connectivity index is 2.17. The lowest BCUT2D eigenvalue weighted by molar-refractivity contribution is 0.161. The number of benzene rings is 1. The first-order valence-corrected chi connectivity index (χ1v) is 6.16. The molecule has 0 aliphatic heterocycles. The van der Waals surface area contributed by atoms with E-state index in [9.17, 15) is 5.11 Å². The summed E-state index contributed by atoms with van der Waals surface area (Å²) in [7, 11) is 1.65. The molecule has 0 aliphatic carbocycles. The van der Waals surface area contributed by atoms with Crippen molar-refractivity contribution in [3.05, 3.63) is 59.3 Å². The summed E-state index contributed by atoms with van der Waals surface area (Å²) in [5.74, 6) is 0.467. The molecular weight excluding hydrogens is 240 g/mol. The minimum Gasteiger partial charge on any atom is -0.388 e. The molecule has 1 aromatic heterocycles. The van der Waals surface area contributed by atoms with Crippen molar-refractivity contribution in [2.24, 2.45) is 0 Å². The van der Waals surface area contributed by atoms with Crippen LogP contribution >= 0.6 is 0 Å².